The molecule has 1 aliphatic rings. The number of aromatic amines is 1. The number of ether oxygens (including phenoxy) is 1. The molecule has 1 saturated heterocycles. The van der Waals surface area contributed by atoms with Gasteiger partial charge in [0.1, 0.15) is 5.82 Å². The second-order valence-electron chi connectivity index (χ2n) is 8.06. The number of nitrogens with one attached hydrogen (secondary N) is 1. The number of hydrogen-bond donors (Lipinski definition) is 2. The number of hydrogen-bond acceptors (Lipinski definition) is 6. The Morgan fingerprint density at radius 3 is 2.55 bits per heavy atom. The number of nitrogens with zero attached hydrogens (tertiary/aromatic N) is 3. The van der Waals surface area contributed by atoms with Crippen LogP contribution in [0.3, 0.4) is 0 Å². The zero-order valence-electron chi connectivity index (χ0n) is 18.2. The van der Waals surface area contributed by atoms with Gasteiger partial charge in [0.2, 0.25) is 5.91 Å². The number of nitrogens with two attached hydrogens (primary N) is 1. The smallest absolute Gasteiger partial charge is 0.330 e. The number of aromatic nitrogens is 2. The number of amides is 1. The summed E-state index contributed by atoms with van der Waals surface area (Å²) in [5, 5.41) is 0. The summed E-state index contributed by atoms with van der Waals surface area (Å²) in [4.78, 5) is 44.1. The molecule has 9 nitrogen and oxygen atoms in total. The Morgan fingerprint density at radius 1 is 1.23 bits per heavy atom. The van der Waals surface area contributed by atoms with Crippen LogP contribution in [-0.2, 0) is 16.1 Å². The molecule has 9 heteroatoms. The molecular weight excluding hydrogens is 398 g/mol. The van der Waals surface area contributed by atoms with Gasteiger partial charge in [0.05, 0.1) is 19.7 Å². The number of anilines is 2. The molecule has 2 aromatic rings. The number of nitrogen functional groups attached to an aromatic ring is 1. The molecule has 0 atom stereocenters. The lowest BCUT2D eigenvalue weighted by molar-refractivity contribution is -0.120. The van der Waals surface area contributed by atoms with Crippen molar-refractivity contribution in [3.63, 3.8) is 0 Å². The van der Waals surface area contributed by atoms with E-state index in [0.29, 0.717) is 5.92 Å². The van der Waals surface area contributed by atoms with Crippen molar-refractivity contribution in [3.05, 3.63) is 56.7 Å². The molecule has 1 aromatic carbocycles. The number of carbonyl (C=O) groups excluding carboxylic acids is 1. The van der Waals surface area contributed by atoms with Crippen molar-refractivity contribution in [2.45, 2.75) is 26.3 Å². The molecule has 1 amide bonds. The van der Waals surface area contributed by atoms with Crippen LogP contribution in [0.25, 0.3) is 0 Å². The monoisotopic (exact) mass is 429 g/mol. The van der Waals surface area contributed by atoms with Crippen LogP contribution < -0.4 is 21.9 Å². The standard InChI is InChI=1S/C22H31N5O4/c1-16-8-10-25(11-9-16)15-18(28)26(12-13-31-2)19-20(23)27(22(30)24-21(19)29)14-17-6-4-3-5-7-17/h3-7,16H,8-15,23H2,1-2H3,(H,24,29,30). The molecule has 3 N–H and O–H groups in total. The average molecular weight is 430 g/mol. The topological polar surface area (TPSA) is 114 Å². The van der Waals surface area contributed by atoms with E-state index in [2.05, 4.69) is 16.8 Å². The van der Waals surface area contributed by atoms with E-state index in [0.717, 1.165) is 31.5 Å². The van der Waals surface area contributed by atoms with Crippen LogP contribution >= 0.6 is 0 Å². The van der Waals surface area contributed by atoms with Crippen LogP contribution in [0.4, 0.5) is 11.5 Å². The normalized spacial score (nSPS) is 15.2. The van der Waals surface area contributed by atoms with E-state index in [-0.39, 0.29) is 43.7 Å². The fraction of sp³-hybridized carbons (Fsp3) is 0.500. The van der Waals surface area contributed by atoms with Gasteiger partial charge in [0.25, 0.3) is 5.56 Å². The first kappa shape index (κ1) is 22.8. The molecule has 2 heterocycles. The Morgan fingerprint density at radius 2 is 1.90 bits per heavy atom. The summed E-state index contributed by atoms with van der Waals surface area (Å²) in [5.41, 5.74) is 5.84. The van der Waals surface area contributed by atoms with Crippen molar-refractivity contribution in [2.24, 2.45) is 5.92 Å². The Bertz CT molecular complexity index is 993. The maximum Gasteiger partial charge on any atom is 0.330 e. The minimum absolute atomic E-state index is 0.0111. The lowest BCUT2D eigenvalue weighted by Crippen LogP contribution is -2.47. The van der Waals surface area contributed by atoms with Crippen molar-refractivity contribution in [1.82, 2.24) is 14.5 Å². The van der Waals surface area contributed by atoms with Gasteiger partial charge in [-0.05, 0) is 37.4 Å². The summed E-state index contributed by atoms with van der Waals surface area (Å²) >= 11 is 0. The minimum atomic E-state index is -0.677. The molecule has 0 spiro atoms. The molecule has 0 saturated carbocycles. The van der Waals surface area contributed by atoms with Crippen LogP contribution in [0.15, 0.2) is 39.9 Å². The fourth-order valence-electron chi connectivity index (χ4n) is 3.80. The van der Waals surface area contributed by atoms with Crippen molar-refractivity contribution >= 4 is 17.4 Å². The highest BCUT2D eigenvalue weighted by molar-refractivity contribution is 5.96. The first-order valence-corrected chi connectivity index (χ1v) is 10.6. The fourth-order valence-corrected chi connectivity index (χ4v) is 3.80. The molecule has 3 rings (SSSR count). The molecule has 0 bridgehead atoms. The van der Waals surface area contributed by atoms with E-state index >= 15 is 0 Å². The maximum atomic E-state index is 13.2. The highest BCUT2D eigenvalue weighted by Crippen LogP contribution is 2.20. The molecule has 1 aromatic heterocycles. The van der Waals surface area contributed by atoms with E-state index in [1.54, 1.807) is 0 Å². The van der Waals surface area contributed by atoms with Gasteiger partial charge in [-0.3, -0.25) is 24.0 Å². The molecule has 0 aliphatic carbocycles. The first-order chi connectivity index (χ1) is 14.9. The van der Waals surface area contributed by atoms with Crippen LogP contribution in [0.5, 0.6) is 0 Å². The van der Waals surface area contributed by atoms with Gasteiger partial charge in [-0.1, -0.05) is 37.3 Å². The third-order valence-electron chi connectivity index (χ3n) is 5.72. The quantitative estimate of drug-likeness (QED) is 0.644. The Balaban J connectivity index is 1.92. The number of carbonyl (C=O) groups is 1. The molecule has 1 fully saturated rings. The average Bonchev–Trinajstić information content (AvgIpc) is 2.75. The number of piperidine rings is 1. The van der Waals surface area contributed by atoms with E-state index < -0.39 is 11.2 Å². The van der Waals surface area contributed by atoms with Gasteiger partial charge in [0.15, 0.2) is 5.69 Å². The summed E-state index contributed by atoms with van der Waals surface area (Å²) in [7, 11) is 1.53. The summed E-state index contributed by atoms with van der Waals surface area (Å²) in [6.07, 6.45) is 2.08. The van der Waals surface area contributed by atoms with Crippen LogP contribution in [-0.4, -0.2) is 60.3 Å². The largest absolute Gasteiger partial charge is 0.383 e. The van der Waals surface area contributed by atoms with E-state index in [9.17, 15) is 14.4 Å². The molecule has 168 valence electrons. The van der Waals surface area contributed by atoms with Gasteiger partial charge in [-0.25, -0.2) is 4.79 Å². The molecule has 31 heavy (non-hydrogen) atoms. The molecular formula is C22H31N5O4. The van der Waals surface area contributed by atoms with Gasteiger partial charge in [0, 0.05) is 13.7 Å². The predicted molar refractivity (Wildman–Crippen MR) is 120 cm³/mol. The van der Waals surface area contributed by atoms with Gasteiger partial charge < -0.3 is 15.4 Å². The predicted octanol–water partition coefficient (Wildman–Crippen LogP) is 0.878. The van der Waals surface area contributed by atoms with E-state index in [1.165, 1.54) is 16.6 Å². The van der Waals surface area contributed by atoms with Gasteiger partial charge in [-0.15, -0.1) is 0 Å². The maximum absolute atomic E-state index is 13.2. The third-order valence-corrected chi connectivity index (χ3v) is 5.72. The SMILES string of the molecule is COCCN(C(=O)CN1CCC(C)CC1)c1c(N)n(Cc2ccccc2)c(=O)[nH]c1=O. The van der Waals surface area contributed by atoms with Crippen molar-refractivity contribution in [2.75, 3.05) is 50.5 Å². The molecule has 0 radical (unpaired) electrons. The Kier molecular flexibility index (Phi) is 7.64. The zero-order valence-corrected chi connectivity index (χ0v) is 18.2. The lowest BCUT2D eigenvalue weighted by atomic mass is 9.99. The van der Waals surface area contributed by atoms with Gasteiger partial charge >= 0.3 is 5.69 Å². The van der Waals surface area contributed by atoms with E-state index in [1.807, 2.05) is 30.3 Å². The molecule has 1 aliphatic heterocycles. The molecule has 0 unspecified atom stereocenters. The zero-order chi connectivity index (χ0) is 22.4. The Labute approximate surface area is 181 Å². The third kappa shape index (κ3) is 5.62. The van der Waals surface area contributed by atoms with Crippen LogP contribution in [0.1, 0.15) is 25.3 Å². The summed E-state index contributed by atoms with van der Waals surface area (Å²) in [5.74, 6) is 0.374. The second-order valence-corrected chi connectivity index (χ2v) is 8.06. The van der Waals surface area contributed by atoms with Crippen molar-refractivity contribution in [1.29, 1.82) is 0 Å². The summed E-state index contributed by atoms with van der Waals surface area (Å²) in [6, 6.07) is 9.32. The summed E-state index contributed by atoms with van der Waals surface area (Å²) < 4.78 is 6.43. The Hall–Kier alpha value is -2.91. The van der Waals surface area contributed by atoms with Crippen LogP contribution in [0.2, 0.25) is 0 Å². The van der Waals surface area contributed by atoms with Crippen molar-refractivity contribution < 1.29 is 9.53 Å². The lowest BCUT2D eigenvalue weighted by Gasteiger charge is -2.32. The minimum Gasteiger partial charge on any atom is -0.383 e. The van der Waals surface area contributed by atoms with Gasteiger partial charge in [-0.2, -0.15) is 0 Å². The number of H-pyrrole nitrogens is 1. The van der Waals surface area contributed by atoms with E-state index in [4.69, 9.17) is 10.5 Å². The summed E-state index contributed by atoms with van der Waals surface area (Å²) in [6.45, 7) is 4.66. The number of benzene rings is 1. The van der Waals surface area contributed by atoms with Crippen molar-refractivity contribution in [3.8, 4) is 0 Å². The number of likely N-dealkylation sites (tertiary alicyclic amines) is 1. The highest BCUT2D eigenvalue weighted by atomic mass is 16.5. The number of methoxy groups -OCH3 is 1. The second kappa shape index (κ2) is 10.4. The number of rotatable bonds is 8. The first-order valence-electron chi connectivity index (χ1n) is 10.6. The highest BCUT2D eigenvalue weighted by Gasteiger charge is 2.26. The van der Waals surface area contributed by atoms with Crippen LogP contribution in [0, 0.1) is 5.92 Å².